The zero-order valence-electron chi connectivity index (χ0n) is 9.00. The average molecular weight is 283 g/mol. The van der Waals surface area contributed by atoms with Gasteiger partial charge in [0.15, 0.2) is 0 Å². The van der Waals surface area contributed by atoms with Gasteiger partial charge in [-0.3, -0.25) is 4.79 Å². The Morgan fingerprint density at radius 3 is 2.50 bits per heavy atom. The lowest BCUT2D eigenvalue weighted by Crippen LogP contribution is -2.33. The van der Waals surface area contributed by atoms with Gasteiger partial charge >= 0.3 is 0 Å². The molecule has 4 heteroatoms. The van der Waals surface area contributed by atoms with E-state index in [2.05, 4.69) is 21.2 Å². The van der Waals surface area contributed by atoms with E-state index < -0.39 is 0 Å². The summed E-state index contributed by atoms with van der Waals surface area (Å²) in [4.78, 5) is 11.8. The molecule has 1 fully saturated rings. The number of hydrogen-bond donors (Lipinski definition) is 2. The SMILES string of the molecule is NCC1(CNC(=O)c2ccc(Br)cc2)CC1. The zero-order chi connectivity index (χ0) is 11.6. The summed E-state index contributed by atoms with van der Waals surface area (Å²) in [5, 5.41) is 2.94. The fourth-order valence-electron chi connectivity index (χ4n) is 1.60. The number of hydrogen-bond acceptors (Lipinski definition) is 2. The van der Waals surface area contributed by atoms with Crippen molar-refractivity contribution in [2.45, 2.75) is 12.8 Å². The monoisotopic (exact) mass is 282 g/mol. The number of nitrogens with one attached hydrogen (secondary N) is 1. The van der Waals surface area contributed by atoms with E-state index in [1.807, 2.05) is 12.1 Å². The van der Waals surface area contributed by atoms with Crippen LogP contribution in [0.2, 0.25) is 0 Å². The van der Waals surface area contributed by atoms with Gasteiger partial charge in [0, 0.05) is 22.0 Å². The molecule has 3 N–H and O–H groups in total. The van der Waals surface area contributed by atoms with Gasteiger partial charge in [-0.05, 0) is 43.7 Å². The molecular formula is C12H15BrN2O. The molecule has 1 aromatic carbocycles. The molecule has 2 rings (SSSR count). The van der Waals surface area contributed by atoms with Crippen LogP contribution in [0.1, 0.15) is 23.2 Å². The maximum atomic E-state index is 11.8. The Morgan fingerprint density at radius 1 is 1.38 bits per heavy atom. The fourth-order valence-corrected chi connectivity index (χ4v) is 1.87. The van der Waals surface area contributed by atoms with Gasteiger partial charge < -0.3 is 11.1 Å². The van der Waals surface area contributed by atoms with Crippen molar-refractivity contribution >= 4 is 21.8 Å². The molecule has 0 aliphatic heterocycles. The molecule has 1 aromatic rings. The van der Waals surface area contributed by atoms with Gasteiger partial charge in [-0.15, -0.1) is 0 Å². The summed E-state index contributed by atoms with van der Waals surface area (Å²) in [6.07, 6.45) is 2.26. The van der Waals surface area contributed by atoms with Gasteiger partial charge in [0.1, 0.15) is 0 Å². The summed E-state index contributed by atoms with van der Waals surface area (Å²) >= 11 is 3.34. The van der Waals surface area contributed by atoms with E-state index in [-0.39, 0.29) is 11.3 Å². The second-order valence-corrected chi connectivity index (χ2v) is 5.31. The molecule has 0 bridgehead atoms. The van der Waals surface area contributed by atoms with Crippen molar-refractivity contribution in [1.82, 2.24) is 5.32 Å². The topological polar surface area (TPSA) is 55.1 Å². The summed E-state index contributed by atoms with van der Waals surface area (Å²) < 4.78 is 0.977. The van der Waals surface area contributed by atoms with Crippen LogP contribution in [0.25, 0.3) is 0 Å². The third kappa shape index (κ3) is 2.62. The summed E-state index contributed by atoms with van der Waals surface area (Å²) in [7, 11) is 0. The van der Waals surface area contributed by atoms with Crippen molar-refractivity contribution in [3.63, 3.8) is 0 Å². The van der Waals surface area contributed by atoms with Gasteiger partial charge in [-0.25, -0.2) is 0 Å². The quantitative estimate of drug-likeness (QED) is 0.887. The third-order valence-electron chi connectivity index (χ3n) is 3.12. The van der Waals surface area contributed by atoms with Crippen LogP contribution in [0.15, 0.2) is 28.7 Å². The van der Waals surface area contributed by atoms with Gasteiger partial charge in [0.2, 0.25) is 0 Å². The summed E-state index contributed by atoms with van der Waals surface area (Å²) in [6, 6.07) is 7.35. The molecule has 86 valence electrons. The van der Waals surface area contributed by atoms with Crippen molar-refractivity contribution in [2.24, 2.45) is 11.1 Å². The van der Waals surface area contributed by atoms with Crippen LogP contribution >= 0.6 is 15.9 Å². The second-order valence-electron chi connectivity index (χ2n) is 4.39. The predicted octanol–water partition coefficient (Wildman–Crippen LogP) is 1.92. The van der Waals surface area contributed by atoms with E-state index in [9.17, 15) is 4.79 Å². The first-order chi connectivity index (χ1) is 7.65. The number of amides is 1. The Hall–Kier alpha value is -0.870. The van der Waals surface area contributed by atoms with Crippen molar-refractivity contribution in [2.75, 3.05) is 13.1 Å². The predicted molar refractivity (Wildman–Crippen MR) is 67.2 cm³/mol. The van der Waals surface area contributed by atoms with Crippen LogP contribution in [-0.4, -0.2) is 19.0 Å². The Morgan fingerprint density at radius 2 is 2.00 bits per heavy atom. The molecule has 0 spiro atoms. The standard InChI is InChI=1S/C12H15BrN2O/c13-10-3-1-9(2-4-10)11(16)15-8-12(7-14)5-6-12/h1-4H,5-8,14H2,(H,15,16). The van der Waals surface area contributed by atoms with Crippen LogP contribution in [0, 0.1) is 5.41 Å². The van der Waals surface area contributed by atoms with Crippen molar-refractivity contribution < 1.29 is 4.79 Å². The molecule has 3 nitrogen and oxygen atoms in total. The van der Waals surface area contributed by atoms with Gasteiger partial charge in [-0.2, -0.15) is 0 Å². The van der Waals surface area contributed by atoms with E-state index in [1.54, 1.807) is 12.1 Å². The number of nitrogens with two attached hydrogens (primary N) is 1. The number of carbonyl (C=O) groups excluding carboxylic acids is 1. The number of carbonyl (C=O) groups is 1. The van der Waals surface area contributed by atoms with E-state index in [4.69, 9.17) is 5.73 Å². The zero-order valence-corrected chi connectivity index (χ0v) is 10.6. The number of halogens is 1. The van der Waals surface area contributed by atoms with Crippen LogP contribution in [0.3, 0.4) is 0 Å². The molecule has 0 unspecified atom stereocenters. The van der Waals surface area contributed by atoms with E-state index in [0.717, 1.165) is 17.3 Å². The molecule has 1 saturated carbocycles. The molecule has 0 saturated heterocycles. The molecule has 0 atom stereocenters. The first-order valence-corrected chi connectivity index (χ1v) is 6.18. The van der Waals surface area contributed by atoms with Crippen molar-refractivity contribution in [1.29, 1.82) is 0 Å². The maximum absolute atomic E-state index is 11.8. The largest absolute Gasteiger partial charge is 0.351 e. The second kappa shape index (κ2) is 4.55. The van der Waals surface area contributed by atoms with Crippen LogP contribution in [0.4, 0.5) is 0 Å². The lowest BCUT2D eigenvalue weighted by atomic mass is 10.1. The smallest absolute Gasteiger partial charge is 0.251 e. The maximum Gasteiger partial charge on any atom is 0.251 e. The molecule has 1 aliphatic rings. The highest BCUT2D eigenvalue weighted by Gasteiger charge is 2.41. The normalized spacial score (nSPS) is 16.9. The van der Waals surface area contributed by atoms with Crippen molar-refractivity contribution in [3.8, 4) is 0 Å². The van der Waals surface area contributed by atoms with Gasteiger partial charge in [-0.1, -0.05) is 15.9 Å². The molecule has 1 amide bonds. The van der Waals surface area contributed by atoms with Crippen LogP contribution in [0.5, 0.6) is 0 Å². The molecule has 0 radical (unpaired) electrons. The van der Waals surface area contributed by atoms with E-state index in [0.29, 0.717) is 18.7 Å². The Kier molecular flexibility index (Phi) is 3.30. The minimum Gasteiger partial charge on any atom is -0.351 e. The first-order valence-electron chi connectivity index (χ1n) is 5.39. The van der Waals surface area contributed by atoms with Crippen LogP contribution < -0.4 is 11.1 Å². The van der Waals surface area contributed by atoms with Crippen molar-refractivity contribution in [3.05, 3.63) is 34.3 Å². The minimum atomic E-state index is -0.0211. The lowest BCUT2D eigenvalue weighted by Gasteiger charge is -2.13. The lowest BCUT2D eigenvalue weighted by molar-refractivity contribution is 0.0945. The highest BCUT2D eigenvalue weighted by atomic mass is 79.9. The first kappa shape index (κ1) is 11.6. The van der Waals surface area contributed by atoms with Gasteiger partial charge in [0.05, 0.1) is 0 Å². The molecular weight excluding hydrogens is 268 g/mol. The summed E-state index contributed by atoms with van der Waals surface area (Å²) in [5.41, 5.74) is 6.53. The van der Waals surface area contributed by atoms with E-state index >= 15 is 0 Å². The third-order valence-corrected chi connectivity index (χ3v) is 3.65. The summed E-state index contributed by atoms with van der Waals surface area (Å²) in [5.74, 6) is -0.0211. The Balaban J connectivity index is 1.91. The van der Waals surface area contributed by atoms with Crippen LogP contribution in [-0.2, 0) is 0 Å². The number of benzene rings is 1. The molecule has 0 heterocycles. The highest BCUT2D eigenvalue weighted by Crippen LogP contribution is 2.43. The van der Waals surface area contributed by atoms with Gasteiger partial charge in [0.25, 0.3) is 5.91 Å². The number of rotatable bonds is 4. The Bertz CT molecular complexity index is 385. The molecule has 16 heavy (non-hydrogen) atoms. The fraction of sp³-hybridized carbons (Fsp3) is 0.417. The highest BCUT2D eigenvalue weighted by molar-refractivity contribution is 9.10. The minimum absolute atomic E-state index is 0.0211. The molecule has 1 aliphatic carbocycles. The van der Waals surface area contributed by atoms with E-state index in [1.165, 1.54) is 0 Å². The molecule has 0 aromatic heterocycles. The summed E-state index contributed by atoms with van der Waals surface area (Å²) in [6.45, 7) is 1.35. The Labute approximate surface area is 104 Å². The average Bonchev–Trinajstić information content (AvgIpc) is 3.08.